The first kappa shape index (κ1) is 15.6. The molecule has 2 heterocycles. The minimum Gasteiger partial charge on any atom is -0.338 e. The van der Waals surface area contributed by atoms with Crippen molar-refractivity contribution in [3.05, 3.63) is 40.9 Å². The third kappa shape index (κ3) is 3.37. The molecule has 1 atom stereocenters. The van der Waals surface area contributed by atoms with Gasteiger partial charge in [-0.15, -0.1) is 0 Å². The van der Waals surface area contributed by atoms with Crippen molar-refractivity contribution >= 4 is 15.6 Å². The fraction of sp³-hybridized carbons (Fsp3) is 0.385. The van der Waals surface area contributed by atoms with Crippen molar-refractivity contribution in [2.75, 3.05) is 13.1 Å². The molecule has 3 rings (SSSR count). The van der Waals surface area contributed by atoms with Crippen LogP contribution in [0, 0.1) is 0 Å². The van der Waals surface area contributed by atoms with Crippen molar-refractivity contribution in [1.29, 1.82) is 0 Å². The van der Waals surface area contributed by atoms with E-state index in [0.29, 0.717) is 24.7 Å². The third-order valence-corrected chi connectivity index (χ3v) is 4.74. The lowest BCUT2D eigenvalue weighted by Crippen LogP contribution is -2.21. The molecule has 0 spiro atoms. The van der Waals surface area contributed by atoms with Crippen LogP contribution in [0.4, 0.5) is 0 Å². The Balaban J connectivity index is 1.85. The van der Waals surface area contributed by atoms with Crippen molar-refractivity contribution in [3.8, 4) is 0 Å². The molecular weight excluding hydrogens is 320 g/mol. The fourth-order valence-corrected chi connectivity index (χ4v) is 3.26. The first-order chi connectivity index (χ1) is 11.1. The van der Waals surface area contributed by atoms with Crippen molar-refractivity contribution < 1.29 is 12.9 Å². The lowest BCUT2D eigenvalue weighted by molar-refractivity contribution is 0.365. The molecule has 0 saturated carbocycles. The van der Waals surface area contributed by atoms with Gasteiger partial charge in [0, 0.05) is 12.1 Å². The topological polar surface area (TPSA) is 136 Å². The van der Waals surface area contributed by atoms with Gasteiger partial charge < -0.3 is 15.7 Å². The van der Waals surface area contributed by atoms with E-state index in [2.05, 4.69) is 31.3 Å². The zero-order valence-corrected chi connectivity index (χ0v) is 13.0. The van der Waals surface area contributed by atoms with Crippen LogP contribution in [-0.2, 0) is 10.0 Å². The zero-order chi connectivity index (χ0) is 16.3. The van der Waals surface area contributed by atoms with E-state index in [9.17, 15) is 8.42 Å². The van der Waals surface area contributed by atoms with Gasteiger partial charge >= 0.3 is 10.0 Å². The van der Waals surface area contributed by atoms with Crippen LogP contribution in [-0.4, -0.2) is 31.6 Å². The number of allylic oxidation sites excluding steroid dienone is 3. The fourth-order valence-electron chi connectivity index (χ4n) is 2.44. The van der Waals surface area contributed by atoms with Crippen LogP contribution in [0.1, 0.15) is 30.5 Å². The van der Waals surface area contributed by atoms with Crippen LogP contribution in [0.25, 0.3) is 5.57 Å². The Bertz CT molecular complexity index is 805. The number of nitrogens with zero attached hydrogens (tertiary/aromatic N) is 4. The summed E-state index contributed by atoms with van der Waals surface area (Å²) in [6.45, 7) is 1.62. The van der Waals surface area contributed by atoms with Crippen molar-refractivity contribution in [3.63, 3.8) is 0 Å². The molecule has 23 heavy (non-hydrogen) atoms. The van der Waals surface area contributed by atoms with E-state index in [1.807, 2.05) is 0 Å². The number of sulfonamides is 1. The van der Waals surface area contributed by atoms with Crippen LogP contribution in [0.15, 0.2) is 43.5 Å². The van der Waals surface area contributed by atoms with Gasteiger partial charge in [-0.2, -0.15) is 13.4 Å². The van der Waals surface area contributed by atoms with Crippen LogP contribution in [0.3, 0.4) is 0 Å². The Labute approximate surface area is 133 Å². The molecule has 122 valence electrons. The normalized spacial score (nSPS) is 22.2. The maximum absolute atomic E-state index is 11.9. The van der Waals surface area contributed by atoms with Gasteiger partial charge in [0.05, 0.1) is 10.8 Å². The van der Waals surface area contributed by atoms with E-state index in [1.54, 1.807) is 6.08 Å². The number of aromatic nitrogens is 2. The van der Waals surface area contributed by atoms with Gasteiger partial charge in [0.15, 0.2) is 5.82 Å². The average molecular weight is 336 g/mol. The molecule has 0 aromatic carbocycles. The highest BCUT2D eigenvalue weighted by molar-refractivity contribution is 7.94. The molecule has 1 aromatic rings. The van der Waals surface area contributed by atoms with E-state index in [0.717, 1.165) is 18.5 Å². The van der Waals surface area contributed by atoms with Gasteiger partial charge in [0.2, 0.25) is 5.89 Å². The van der Waals surface area contributed by atoms with Crippen LogP contribution < -0.4 is 11.2 Å². The summed E-state index contributed by atoms with van der Waals surface area (Å²) in [5.74, 6) is 5.40. The first-order valence-electron chi connectivity index (χ1n) is 7.09. The minimum absolute atomic E-state index is 0.0150. The molecule has 0 bridgehead atoms. The Morgan fingerprint density at radius 3 is 3.04 bits per heavy atom. The summed E-state index contributed by atoms with van der Waals surface area (Å²) in [4.78, 5) is 4.40. The van der Waals surface area contributed by atoms with E-state index >= 15 is 0 Å². The second-order valence-corrected chi connectivity index (χ2v) is 6.72. The van der Waals surface area contributed by atoms with E-state index < -0.39 is 10.0 Å². The third-order valence-electron chi connectivity index (χ3n) is 3.56. The lowest BCUT2D eigenvalue weighted by atomic mass is 10.0. The van der Waals surface area contributed by atoms with E-state index in [-0.39, 0.29) is 10.8 Å². The molecule has 2 aliphatic rings. The second-order valence-electron chi connectivity index (χ2n) is 5.14. The molecule has 0 fully saturated rings. The Morgan fingerprint density at radius 1 is 1.43 bits per heavy atom. The molecule has 1 aliphatic heterocycles. The van der Waals surface area contributed by atoms with Crippen molar-refractivity contribution in [2.24, 2.45) is 15.6 Å². The number of hydrogen-bond acceptors (Lipinski definition) is 7. The standard InChI is InChI=1S/C13H16N6O3S/c14-18-19-23(20,21)11-5-1-3-9(7-11)13-16-12(17-22-13)10-4-2-6-15-8-10/h1,4-5,7,9,15H,2-3,6,8H2,(H2,14,19). The summed E-state index contributed by atoms with van der Waals surface area (Å²) in [6, 6.07) is 0. The highest BCUT2D eigenvalue weighted by atomic mass is 32.2. The molecule has 1 unspecified atom stereocenters. The van der Waals surface area contributed by atoms with Crippen LogP contribution in [0.5, 0.6) is 0 Å². The number of nitrogens with one attached hydrogen (secondary N) is 1. The zero-order valence-electron chi connectivity index (χ0n) is 12.2. The quantitative estimate of drug-likeness (QED) is 0.476. The lowest BCUT2D eigenvalue weighted by Gasteiger charge is -2.11. The van der Waals surface area contributed by atoms with Crippen molar-refractivity contribution in [2.45, 2.75) is 18.8 Å². The maximum atomic E-state index is 11.9. The van der Waals surface area contributed by atoms with Gasteiger partial charge in [0.25, 0.3) is 0 Å². The minimum atomic E-state index is -3.89. The smallest absolute Gasteiger partial charge is 0.300 e. The number of hydrogen-bond donors (Lipinski definition) is 2. The van der Waals surface area contributed by atoms with Gasteiger partial charge in [-0.25, -0.2) is 0 Å². The van der Waals surface area contributed by atoms with E-state index in [4.69, 9.17) is 10.4 Å². The van der Waals surface area contributed by atoms with Gasteiger partial charge in [0.1, 0.15) is 0 Å². The molecule has 0 amide bonds. The Kier molecular flexibility index (Phi) is 4.35. The molecule has 0 saturated heterocycles. The first-order valence-corrected chi connectivity index (χ1v) is 8.53. The molecule has 10 heteroatoms. The largest absolute Gasteiger partial charge is 0.338 e. The predicted molar refractivity (Wildman–Crippen MR) is 82.3 cm³/mol. The molecule has 3 N–H and O–H groups in total. The summed E-state index contributed by atoms with van der Waals surface area (Å²) < 4.78 is 32.1. The SMILES string of the molecule is NN=NS(=O)(=O)C1=CC(c2nc(C3=CCCNC3)no2)CC=C1. The summed E-state index contributed by atoms with van der Waals surface area (Å²) in [5.41, 5.74) is 0.978. The Hall–Kier alpha value is -2.33. The van der Waals surface area contributed by atoms with Gasteiger partial charge in [-0.3, -0.25) is 0 Å². The van der Waals surface area contributed by atoms with Gasteiger partial charge in [-0.1, -0.05) is 28.6 Å². The highest BCUT2D eigenvalue weighted by Crippen LogP contribution is 2.29. The summed E-state index contributed by atoms with van der Waals surface area (Å²) >= 11 is 0. The second kappa shape index (κ2) is 6.42. The molecule has 1 aliphatic carbocycles. The summed E-state index contributed by atoms with van der Waals surface area (Å²) in [7, 11) is -3.89. The summed E-state index contributed by atoms with van der Waals surface area (Å²) in [6.07, 6.45) is 8.25. The number of rotatable bonds is 4. The molecule has 1 aromatic heterocycles. The molecule has 9 nitrogen and oxygen atoms in total. The highest BCUT2D eigenvalue weighted by Gasteiger charge is 2.25. The summed E-state index contributed by atoms with van der Waals surface area (Å²) in [5, 5.41) is 10.1. The van der Waals surface area contributed by atoms with E-state index in [1.165, 1.54) is 12.2 Å². The predicted octanol–water partition coefficient (Wildman–Crippen LogP) is 1.03. The van der Waals surface area contributed by atoms with Gasteiger partial charge in [-0.05, 0) is 30.0 Å². The maximum Gasteiger partial charge on any atom is 0.300 e. The van der Waals surface area contributed by atoms with Crippen LogP contribution in [0.2, 0.25) is 0 Å². The molecule has 0 radical (unpaired) electrons. The van der Waals surface area contributed by atoms with Crippen LogP contribution >= 0.6 is 0 Å². The van der Waals surface area contributed by atoms with Crippen molar-refractivity contribution in [1.82, 2.24) is 15.5 Å². The Morgan fingerprint density at radius 2 is 2.30 bits per heavy atom. The molecular formula is C13H16N6O3S. The number of nitrogens with two attached hydrogens (primary N) is 1. The average Bonchev–Trinajstić information content (AvgIpc) is 3.06. The monoisotopic (exact) mass is 336 g/mol.